The first-order valence-electron chi connectivity index (χ1n) is 6.92. The lowest BCUT2D eigenvalue weighted by Gasteiger charge is -2.32. The molecule has 1 aromatic rings. The van der Waals surface area contributed by atoms with Crippen molar-refractivity contribution < 1.29 is 63.2 Å². The quantitative estimate of drug-likeness (QED) is 0.380. The fraction of sp³-hybridized carbons (Fsp3) is 0.429. The van der Waals surface area contributed by atoms with Crippen LogP contribution >= 0.6 is 15.9 Å². The predicted molar refractivity (Wildman–Crippen MR) is 76.8 cm³/mol. The summed E-state index contributed by atoms with van der Waals surface area (Å²) < 4.78 is 146. The van der Waals surface area contributed by atoms with E-state index in [2.05, 4.69) is 20.7 Å². The maximum atomic E-state index is 13.6. The van der Waals surface area contributed by atoms with Crippen LogP contribution in [0.15, 0.2) is 28.4 Å². The van der Waals surface area contributed by atoms with Crippen LogP contribution in [0.5, 0.6) is 5.75 Å². The molecular weight excluding hydrogens is 505 g/mol. The molecule has 1 aromatic carbocycles. The lowest BCUT2D eigenvalue weighted by Crippen LogP contribution is -2.61. The highest BCUT2D eigenvalue weighted by molar-refractivity contribution is 9.10. The monoisotopic (exact) mass is 512 g/mol. The number of rotatable bonds is 7. The Kier molecular flexibility index (Phi) is 7.24. The Hall–Kier alpha value is -1.61. The Morgan fingerprint density at radius 2 is 1.31 bits per heavy atom. The van der Waals surface area contributed by atoms with Crippen LogP contribution < -0.4 is 4.74 Å². The van der Waals surface area contributed by atoms with Crippen molar-refractivity contribution >= 4 is 15.9 Å². The Balaban J connectivity index is 3.45. The minimum absolute atomic E-state index is 0.0583. The first-order chi connectivity index (χ1) is 13.0. The van der Waals surface area contributed by atoms with Crippen molar-refractivity contribution in [3.63, 3.8) is 0 Å². The van der Waals surface area contributed by atoms with Crippen LogP contribution in [0.3, 0.4) is 0 Å². The van der Waals surface area contributed by atoms with Crippen molar-refractivity contribution in [1.29, 1.82) is 0 Å². The Labute approximate surface area is 162 Å². The van der Waals surface area contributed by atoms with Crippen LogP contribution in [-0.2, 0) is 13.2 Å². The fourth-order valence-electron chi connectivity index (χ4n) is 1.75. The molecular formula is C14H8BrF11O3. The van der Waals surface area contributed by atoms with E-state index < -0.39 is 60.3 Å². The van der Waals surface area contributed by atoms with Crippen LogP contribution in [-0.4, -0.2) is 34.2 Å². The minimum atomic E-state index is -7.43. The van der Waals surface area contributed by atoms with E-state index >= 15 is 0 Å². The van der Waals surface area contributed by atoms with Gasteiger partial charge in [-0.2, -0.15) is 48.3 Å². The van der Waals surface area contributed by atoms with Gasteiger partial charge in [-0.05, 0) is 17.7 Å². The van der Waals surface area contributed by atoms with Gasteiger partial charge in [-0.15, -0.1) is 0 Å². The molecule has 0 aliphatic rings. The largest absolute Gasteiger partial charge is 0.460 e. The molecule has 0 amide bonds. The number of hydrogen-bond acceptors (Lipinski definition) is 3. The predicted octanol–water partition coefficient (Wildman–Crippen LogP) is 5.39. The number of ether oxygens (including phenoxy) is 1. The zero-order valence-corrected chi connectivity index (χ0v) is 15.0. The first kappa shape index (κ1) is 25.4. The molecule has 1 rings (SSSR count). The molecule has 0 aliphatic heterocycles. The molecule has 15 heteroatoms. The number of aliphatic hydroxyl groups excluding tert-OH is 2. The first-order valence-corrected chi connectivity index (χ1v) is 7.71. The highest BCUT2D eigenvalue weighted by atomic mass is 79.9. The van der Waals surface area contributed by atoms with Gasteiger partial charge in [0.25, 0.3) is 0 Å². The third-order valence-corrected chi connectivity index (χ3v) is 4.10. The highest BCUT2D eigenvalue weighted by Crippen LogP contribution is 2.55. The molecule has 2 N–H and O–H groups in total. The van der Waals surface area contributed by atoms with Crippen molar-refractivity contribution in [2.45, 2.75) is 37.2 Å². The van der Waals surface area contributed by atoms with Crippen molar-refractivity contribution in [2.75, 3.05) is 0 Å². The second kappa shape index (κ2) is 8.26. The van der Waals surface area contributed by atoms with Gasteiger partial charge in [0, 0.05) is 10.0 Å². The number of allylic oxidation sites excluding steroid dienone is 1. The molecule has 0 unspecified atom stereocenters. The standard InChI is InChI=1S/C14H8BrF11O3/c15-7-1-6(4-28)8(2-5(7)3-27)29-10(17)9(16)11(18,19)12(20,21)13(22,23)14(24,25)26/h1-2,27-28H,3-4H2. The molecule has 0 aliphatic carbocycles. The Morgan fingerprint density at radius 3 is 1.72 bits per heavy atom. The molecule has 0 spiro atoms. The molecule has 166 valence electrons. The van der Waals surface area contributed by atoms with E-state index in [0.717, 1.165) is 6.07 Å². The molecule has 0 heterocycles. The summed E-state index contributed by atoms with van der Waals surface area (Å²) in [6.45, 7) is -1.82. The van der Waals surface area contributed by atoms with Gasteiger partial charge in [-0.1, -0.05) is 15.9 Å². The topological polar surface area (TPSA) is 49.7 Å². The summed E-state index contributed by atoms with van der Waals surface area (Å²) >= 11 is 2.86. The number of hydrogen-bond donors (Lipinski definition) is 2. The molecule has 0 atom stereocenters. The molecule has 3 nitrogen and oxygen atoms in total. The van der Waals surface area contributed by atoms with E-state index in [9.17, 15) is 48.3 Å². The zero-order valence-electron chi connectivity index (χ0n) is 13.4. The lowest BCUT2D eigenvalue weighted by molar-refractivity contribution is -0.392. The summed E-state index contributed by atoms with van der Waals surface area (Å²) in [6, 6.07) is -1.73. The van der Waals surface area contributed by atoms with E-state index in [1.165, 1.54) is 0 Å². The maximum absolute atomic E-state index is 13.6. The van der Waals surface area contributed by atoms with Crippen molar-refractivity contribution in [3.8, 4) is 5.75 Å². The maximum Gasteiger partial charge on any atom is 0.460 e. The van der Waals surface area contributed by atoms with E-state index in [-0.39, 0.29) is 10.0 Å². The Morgan fingerprint density at radius 1 is 0.828 bits per heavy atom. The van der Waals surface area contributed by atoms with Gasteiger partial charge in [0.15, 0.2) is 0 Å². The van der Waals surface area contributed by atoms with Gasteiger partial charge in [0.1, 0.15) is 5.75 Å². The molecule has 0 saturated heterocycles. The van der Waals surface area contributed by atoms with Gasteiger partial charge in [0.05, 0.1) is 13.2 Å². The second-order valence-corrected chi connectivity index (χ2v) is 6.13. The third kappa shape index (κ3) is 4.45. The molecule has 0 fully saturated rings. The highest BCUT2D eigenvalue weighted by Gasteiger charge is 2.83. The molecule has 0 aromatic heterocycles. The van der Waals surface area contributed by atoms with Crippen LogP contribution in [0.1, 0.15) is 11.1 Å². The smallest absolute Gasteiger partial charge is 0.429 e. The van der Waals surface area contributed by atoms with Crippen molar-refractivity contribution in [3.05, 3.63) is 39.6 Å². The normalized spacial score (nSPS) is 14.7. The molecule has 0 bridgehead atoms. The second-order valence-electron chi connectivity index (χ2n) is 5.28. The van der Waals surface area contributed by atoms with E-state index in [1.807, 2.05) is 0 Å². The SMILES string of the molecule is OCc1cc(OC(F)=C(F)C(F)(F)C(F)(F)C(F)(F)C(F)(F)F)c(CO)cc1Br. The lowest BCUT2D eigenvalue weighted by atomic mass is 10.0. The average Bonchev–Trinajstić information content (AvgIpc) is 2.60. The summed E-state index contributed by atoms with van der Waals surface area (Å²) in [5.74, 6) is -26.9. The number of benzene rings is 1. The van der Waals surface area contributed by atoms with Crippen LogP contribution in [0.2, 0.25) is 0 Å². The van der Waals surface area contributed by atoms with Crippen LogP contribution in [0.25, 0.3) is 0 Å². The number of alkyl halides is 9. The summed E-state index contributed by atoms with van der Waals surface area (Å²) in [5, 5.41) is 18.1. The number of halogens is 12. The molecule has 0 saturated carbocycles. The summed E-state index contributed by atoms with van der Waals surface area (Å²) in [7, 11) is 0. The van der Waals surface area contributed by atoms with E-state index in [0.29, 0.717) is 6.07 Å². The van der Waals surface area contributed by atoms with Crippen molar-refractivity contribution in [2.24, 2.45) is 0 Å². The van der Waals surface area contributed by atoms with Gasteiger partial charge in [-0.3, -0.25) is 0 Å². The minimum Gasteiger partial charge on any atom is -0.429 e. The van der Waals surface area contributed by atoms with E-state index in [4.69, 9.17) is 10.2 Å². The van der Waals surface area contributed by atoms with Gasteiger partial charge in [0.2, 0.25) is 5.83 Å². The summed E-state index contributed by atoms with van der Waals surface area (Å²) in [6.07, 6.45) is -7.22. The van der Waals surface area contributed by atoms with Crippen LogP contribution in [0.4, 0.5) is 48.3 Å². The molecule has 29 heavy (non-hydrogen) atoms. The molecule has 0 radical (unpaired) electrons. The fourth-order valence-corrected chi connectivity index (χ4v) is 2.27. The Bertz CT molecular complexity index is 790. The van der Waals surface area contributed by atoms with Gasteiger partial charge >= 0.3 is 30.0 Å². The zero-order chi connectivity index (χ0) is 23.0. The van der Waals surface area contributed by atoms with Gasteiger partial charge in [-0.25, -0.2) is 0 Å². The third-order valence-electron chi connectivity index (χ3n) is 3.36. The van der Waals surface area contributed by atoms with Gasteiger partial charge < -0.3 is 14.9 Å². The average molecular weight is 513 g/mol. The van der Waals surface area contributed by atoms with Crippen molar-refractivity contribution in [1.82, 2.24) is 0 Å². The number of aliphatic hydroxyl groups is 2. The summed E-state index contributed by atoms with van der Waals surface area (Å²) in [5.41, 5.74) is -0.640. The van der Waals surface area contributed by atoms with Crippen LogP contribution in [0, 0.1) is 0 Å². The summed E-state index contributed by atoms with van der Waals surface area (Å²) in [4.78, 5) is 0. The van der Waals surface area contributed by atoms with E-state index in [1.54, 1.807) is 0 Å².